The van der Waals surface area contributed by atoms with Crippen LogP contribution in [0.5, 0.6) is 5.75 Å². The Hall–Kier alpha value is -1.83. The van der Waals surface area contributed by atoms with Crippen LogP contribution in [0.15, 0.2) is 18.2 Å². The topological polar surface area (TPSA) is 55.6 Å². The van der Waals surface area contributed by atoms with E-state index < -0.39 is 17.9 Å². The summed E-state index contributed by atoms with van der Waals surface area (Å²) in [6, 6.07) is 2.55. The zero-order valence-electron chi connectivity index (χ0n) is 10.3. The third-order valence-electron chi connectivity index (χ3n) is 2.98. The highest BCUT2D eigenvalue weighted by molar-refractivity contribution is 5.96. The van der Waals surface area contributed by atoms with E-state index >= 15 is 0 Å². The van der Waals surface area contributed by atoms with Crippen molar-refractivity contribution < 1.29 is 27.1 Å². The molecule has 0 aliphatic carbocycles. The number of rotatable bonds is 3. The Bertz CT molecular complexity index is 519. The van der Waals surface area contributed by atoms with Gasteiger partial charge in [0.15, 0.2) is 0 Å². The van der Waals surface area contributed by atoms with Crippen LogP contribution < -0.4 is 15.4 Å². The van der Waals surface area contributed by atoms with Crippen molar-refractivity contribution in [1.82, 2.24) is 0 Å². The minimum absolute atomic E-state index is 0.130. The minimum atomic E-state index is -4.87. The Morgan fingerprint density at radius 2 is 2.10 bits per heavy atom. The van der Waals surface area contributed by atoms with Gasteiger partial charge in [0, 0.05) is 19.0 Å². The van der Waals surface area contributed by atoms with Crippen LogP contribution in [0.4, 0.5) is 23.2 Å². The Labute approximate surface area is 112 Å². The van der Waals surface area contributed by atoms with Gasteiger partial charge in [-0.05, 0) is 24.6 Å². The zero-order chi connectivity index (χ0) is 14.9. The van der Waals surface area contributed by atoms with Crippen molar-refractivity contribution in [3.05, 3.63) is 24.0 Å². The Morgan fingerprint density at radius 3 is 2.65 bits per heavy atom. The summed E-state index contributed by atoms with van der Waals surface area (Å²) in [6.07, 6.45) is -4.72. The number of alkyl halides is 3. The normalized spacial score (nSPS) is 19.6. The van der Waals surface area contributed by atoms with Crippen molar-refractivity contribution in [3.8, 4) is 5.75 Å². The molecular formula is C12H12F4N2O2. The maximum Gasteiger partial charge on any atom is 0.573 e. The van der Waals surface area contributed by atoms with Gasteiger partial charge in [0.2, 0.25) is 5.91 Å². The molecule has 1 aromatic carbocycles. The van der Waals surface area contributed by atoms with Crippen LogP contribution in [-0.4, -0.2) is 25.4 Å². The van der Waals surface area contributed by atoms with Crippen LogP contribution in [0.25, 0.3) is 0 Å². The van der Waals surface area contributed by atoms with E-state index in [9.17, 15) is 22.4 Å². The van der Waals surface area contributed by atoms with Gasteiger partial charge in [0.25, 0.3) is 0 Å². The van der Waals surface area contributed by atoms with Crippen molar-refractivity contribution >= 4 is 11.6 Å². The van der Waals surface area contributed by atoms with Crippen molar-refractivity contribution in [3.63, 3.8) is 0 Å². The van der Waals surface area contributed by atoms with Crippen molar-refractivity contribution in [2.75, 3.05) is 18.0 Å². The fourth-order valence-corrected chi connectivity index (χ4v) is 2.07. The lowest BCUT2D eigenvalue weighted by Gasteiger charge is -2.18. The molecule has 1 atom stereocenters. The number of carbonyl (C=O) groups excluding carboxylic acids is 1. The van der Waals surface area contributed by atoms with E-state index in [0.717, 1.165) is 23.1 Å². The average molecular weight is 292 g/mol. The van der Waals surface area contributed by atoms with Crippen molar-refractivity contribution in [2.24, 2.45) is 11.7 Å². The summed E-state index contributed by atoms with van der Waals surface area (Å²) in [5, 5.41) is 0. The number of nitrogens with two attached hydrogens (primary N) is 1. The maximum absolute atomic E-state index is 13.7. The number of carbonyl (C=O) groups is 1. The smallest absolute Gasteiger partial charge is 0.406 e. The molecule has 0 aromatic heterocycles. The molecule has 20 heavy (non-hydrogen) atoms. The van der Waals surface area contributed by atoms with Gasteiger partial charge in [-0.3, -0.25) is 4.79 Å². The van der Waals surface area contributed by atoms with E-state index in [4.69, 9.17) is 5.73 Å². The van der Waals surface area contributed by atoms with E-state index in [-0.39, 0.29) is 37.0 Å². The van der Waals surface area contributed by atoms with Crippen LogP contribution >= 0.6 is 0 Å². The summed E-state index contributed by atoms with van der Waals surface area (Å²) in [5.41, 5.74) is 5.21. The highest BCUT2D eigenvalue weighted by Gasteiger charge is 2.34. The largest absolute Gasteiger partial charge is 0.573 e. The molecule has 1 unspecified atom stereocenters. The predicted octanol–water partition coefficient (Wildman–Crippen LogP) is 2.04. The molecule has 1 aromatic rings. The molecule has 1 aliphatic heterocycles. The van der Waals surface area contributed by atoms with Gasteiger partial charge in [-0.15, -0.1) is 13.2 Å². The fourth-order valence-electron chi connectivity index (χ4n) is 2.07. The fraction of sp³-hybridized carbons (Fsp3) is 0.417. The molecule has 0 spiro atoms. The summed E-state index contributed by atoms with van der Waals surface area (Å²) < 4.78 is 53.8. The molecule has 8 heteroatoms. The molecule has 4 nitrogen and oxygen atoms in total. The van der Waals surface area contributed by atoms with Crippen molar-refractivity contribution in [2.45, 2.75) is 12.8 Å². The van der Waals surface area contributed by atoms with Crippen LogP contribution in [0.3, 0.4) is 0 Å². The summed E-state index contributed by atoms with van der Waals surface area (Å²) in [4.78, 5) is 12.8. The van der Waals surface area contributed by atoms with Crippen LogP contribution in [-0.2, 0) is 4.79 Å². The van der Waals surface area contributed by atoms with Crippen LogP contribution in [0.1, 0.15) is 6.42 Å². The van der Waals surface area contributed by atoms with Gasteiger partial charge in [-0.2, -0.15) is 0 Å². The highest BCUT2D eigenvalue weighted by Crippen LogP contribution is 2.32. The van der Waals surface area contributed by atoms with Gasteiger partial charge in [0.1, 0.15) is 11.6 Å². The van der Waals surface area contributed by atoms with E-state index in [1.165, 1.54) is 0 Å². The molecule has 2 N–H and O–H groups in total. The van der Waals surface area contributed by atoms with Gasteiger partial charge >= 0.3 is 6.36 Å². The quantitative estimate of drug-likeness (QED) is 0.867. The van der Waals surface area contributed by atoms with E-state index in [1.807, 2.05) is 0 Å². The number of ether oxygens (including phenoxy) is 1. The lowest BCUT2D eigenvalue weighted by atomic mass is 10.1. The standard InChI is InChI=1S/C12H12F4N2O2/c13-9-2-1-8(20-12(14,15)16)4-10(9)18-6-7(5-17)3-11(18)19/h1-2,4,7H,3,5-6,17H2. The Morgan fingerprint density at radius 1 is 1.40 bits per heavy atom. The second-order valence-corrected chi connectivity index (χ2v) is 4.47. The summed E-state index contributed by atoms with van der Waals surface area (Å²) in [7, 11) is 0. The summed E-state index contributed by atoms with van der Waals surface area (Å²) in [6.45, 7) is 0.435. The first-order chi connectivity index (χ1) is 9.30. The lowest BCUT2D eigenvalue weighted by molar-refractivity contribution is -0.274. The molecule has 1 fully saturated rings. The number of anilines is 1. The second kappa shape index (κ2) is 5.28. The number of nitrogens with zero attached hydrogens (tertiary/aromatic N) is 1. The maximum atomic E-state index is 13.7. The third-order valence-corrected chi connectivity index (χ3v) is 2.98. The Kier molecular flexibility index (Phi) is 3.85. The molecule has 0 radical (unpaired) electrons. The van der Waals surface area contributed by atoms with Crippen molar-refractivity contribution in [1.29, 1.82) is 0 Å². The highest BCUT2D eigenvalue weighted by atomic mass is 19.4. The van der Waals surface area contributed by atoms with E-state index in [0.29, 0.717) is 0 Å². The van der Waals surface area contributed by atoms with E-state index in [2.05, 4.69) is 4.74 Å². The zero-order valence-corrected chi connectivity index (χ0v) is 10.3. The monoisotopic (exact) mass is 292 g/mol. The molecule has 1 heterocycles. The molecule has 1 aliphatic rings. The number of halogens is 4. The van der Waals surface area contributed by atoms with Gasteiger partial charge in [0.05, 0.1) is 5.69 Å². The number of amides is 1. The number of hydrogen-bond donors (Lipinski definition) is 1. The van der Waals surface area contributed by atoms with Crippen LogP contribution in [0, 0.1) is 11.7 Å². The van der Waals surface area contributed by atoms with Gasteiger partial charge in [-0.25, -0.2) is 4.39 Å². The molecule has 110 valence electrons. The molecule has 1 amide bonds. The predicted molar refractivity (Wildman–Crippen MR) is 62.6 cm³/mol. The first-order valence-corrected chi connectivity index (χ1v) is 5.86. The summed E-state index contributed by atoms with van der Waals surface area (Å²) in [5.74, 6) is -1.86. The van der Waals surface area contributed by atoms with Crippen LogP contribution in [0.2, 0.25) is 0 Å². The number of benzene rings is 1. The van der Waals surface area contributed by atoms with Gasteiger partial charge < -0.3 is 15.4 Å². The van der Waals surface area contributed by atoms with E-state index in [1.54, 1.807) is 0 Å². The minimum Gasteiger partial charge on any atom is -0.406 e. The molecule has 2 rings (SSSR count). The first kappa shape index (κ1) is 14.6. The molecule has 0 bridgehead atoms. The summed E-state index contributed by atoms with van der Waals surface area (Å²) >= 11 is 0. The average Bonchev–Trinajstić information content (AvgIpc) is 2.71. The SMILES string of the molecule is NCC1CC(=O)N(c2cc(OC(F)(F)F)ccc2F)C1. The molecular weight excluding hydrogens is 280 g/mol. The Balaban J connectivity index is 2.27. The number of hydrogen-bond acceptors (Lipinski definition) is 3. The first-order valence-electron chi connectivity index (χ1n) is 5.86. The van der Waals surface area contributed by atoms with Gasteiger partial charge in [-0.1, -0.05) is 0 Å². The molecule has 0 saturated carbocycles. The second-order valence-electron chi connectivity index (χ2n) is 4.47. The molecule has 1 saturated heterocycles. The lowest BCUT2D eigenvalue weighted by Crippen LogP contribution is -2.27. The third kappa shape index (κ3) is 3.19.